The first-order valence-electron chi connectivity index (χ1n) is 19.7. The van der Waals surface area contributed by atoms with Gasteiger partial charge in [-0.2, -0.15) is 10.5 Å². The molecule has 0 aliphatic heterocycles. The van der Waals surface area contributed by atoms with E-state index in [0.29, 0.717) is 45.0 Å². The molecule has 0 amide bonds. The first-order valence-corrected chi connectivity index (χ1v) is 19.7. The summed E-state index contributed by atoms with van der Waals surface area (Å²) in [5.74, 6) is -2.66. The Kier molecular flexibility index (Phi) is 9.32. The van der Waals surface area contributed by atoms with Crippen molar-refractivity contribution in [2.45, 2.75) is 0 Å². The Hall–Kier alpha value is -8.46. The number of hydrogen-bond donors (Lipinski definition) is 0. The van der Waals surface area contributed by atoms with Gasteiger partial charge in [-0.05, 0) is 105 Å². The Morgan fingerprint density at radius 2 is 0.758 bits per heavy atom. The third-order valence-corrected chi connectivity index (χ3v) is 11.3. The van der Waals surface area contributed by atoms with Crippen LogP contribution < -0.4 is 9.80 Å². The summed E-state index contributed by atoms with van der Waals surface area (Å²) in [7, 11) is 0. The second-order valence-corrected chi connectivity index (χ2v) is 14.9. The lowest BCUT2D eigenvalue weighted by atomic mass is 9.91. The molecule has 0 bridgehead atoms. The number of rotatable bonds is 8. The van der Waals surface area contributed by atoms with Gasteiger partial charge >= 0.3 is 0 Å². The molecule has 0 saturated heterocycles. The van der Waals surface area contributed by atoms with Crippen molar-refractivity contribution in [3.63, 3.8) is 0 Å². The molecule has 0 radical (unpaired) electrons. The fraction of sp³-hybridized carbons (Fsp3) is 0. The van der Waals surface area contributed by atoms with Gasteiger partial charge in [0, 0.05) is 45.4 Å². The van der Waals surface area contributed by atoms with E-state index in [0.717, 1.165) is 44.5 Å². The zero-order valence-corrected chi connectivity index (χ0v) is 32.6. The third-order valence-electron chi connectivity index (χ3n) is 11.3. The summed E-state index contributed by atoms with van der Waals surface area (Å²) in [4.78, 5) is 3.39. The lowest BCUT2D eigenvalue weighted by molar-refractivity contribution is 0.604. The van der Waals surface area contributed by atoms with Crippen LogP contribution in [0.1, 0.15) is 11.1 Å². The maximum absolute atomic E-state index is 16.6. The van der Waals surface area contributed by atoms with Crippen LogP contribution in [0, 0.1) is 45.9 Å². The van der Waals surface area contributed by atoms with E-state index >= 15 is 17.6 Å². The van der Waals surface area contributed by atoms with Gasteiger partial charge in [0.2, 0.25) is 0 Å². The number of hydrogen-bond acceptors (Lipinski definition) is 4. The van der Waals surface area contributed by atoms with Crippen LogP contribution in [0.3, 0.4) is 0 Å². The number of nitrogens with zero attached hydrogens (tertiary/aromatic N) is 4. The molecule has 0 aliphatic carbocycles. The van der Waals surface area contributed by atoms with Gasteiger partial charge in [0.15, 0.2) is 0 Å². The molecule has 0 heterocycles. The molecule has 0 aromatic heterocycles. The average molecular weight is 811 g/mol. The minimum Gasteiger partial charge on any atom is -0.307 e. The summed E-state index contributed by atoms with van der Waals surface area (Å²) in [6.45, 7) is 0. The molecule has 62 heavy (non-hydrogen) atoms. The van der Waals surface area contributed by atoms with Crippen LogP contribution in [0.5, 0.6) is 0 Å². The summed E-state index contributed by atoms with van der Waals surface area (Å²) in [6.07, 6.45) is 0. The Labute approximate surface area is 353 Å². The minimum atomic E-state index is -0.669. The van der Waals surface area contributed by atoms with Crippen molar-refractivity contribution < 1.29 is 17.6 Å². The van der Waals surface area contributed by atoms with E-state index in [4.69, 9.17) is 0 Å². The van der Waals surface area contributed by atoms with E-state index in [1.54, 1.807) is 46.2 Å². The largest absolute Gasteiger partial charge is 0.307 e. The molecule has 10 rings (SSSR count). The molecule has 0 fully saturated rings. The predicted molar refractivity (Wildman–Crippen MR) is 240 cm³/mol. The van der Waals surface area contributed by atoms with Crippen molar-refractivity contribution in [1.29, 1.82) is 10.5 Å². The number of benzene rings is 10. The normalized spacial score (nSPS) is 11.2. The number of anilines is 6. The van der Waals surface area contributed by atoms with Gasteiger partial charge in [0.05, 0.1) is 46.0 Å². The molecule has 10 aromatic rings. The van der Waals surface area contributed by atoms with E-state index in [2.05, 4.69) is 12.1 Å². The summed E-state index contributed by atoms with van der Waals surface area (Å²) in [6, 6.07) is 55.5. The molecule has 0 saturated carbocycles. The minimum absolute atomic E-state index is 0.0137. The smallest absolute Gasteiger partial charge is 0.148 e. The van der Waals surface area contributed by atoms with E-state index in [-0.39, 0.29) is 22.5 Å². The van der Waals surface area contributed by atoms with Crippen molar-refractivity contribution in [1.82, 2.24) is 0 Å². The first-order chi connectivity index (χ1) is 30.3. The SMILES string of the molecule is N#Cc1cccc(-c2cc(F)c(N(c3ccccc3)c3ccc4ccc5c(N(c6ccccc6)c6cc(F)c(-c7cccc(C#N)c7)cc6F)ccc6ccc3c4c65)cc2F)c1. The Bertz CT molecular complexity index is 3220. The maximum atomic E-state index is 16.6. The molecule has 294 valence electrons. The summed E-state index contributed by atoms with van der Waals surface area (Å²) >= 11 is 0. The lowest BCUT2D eigenvalue weighted by Gasteiger charge is -2.30. The zero-order chi connectivity index (χ0) is 42.5. The van der Waals surface area contributed by atoms with Crippen molar-refractivity contribution >= 4 is 66.4 Å². The van der Waals surface area contributed by atoms with Crippen molar-refractivity contribution in [3.8, 4) is 34.4 Å². The second-order valence-electron chi connectivity index (χ2n) is 14.9. The molecule has 0 aliphatic rings. The van der Waals surface area contributed by atoms with Crippen LogP contribution in [0.2, 0.25) is 0 Å². The summed E-state index contributed by atoms with van der Waals surface area (Å²) < 4.78 is 65.8. The van der Waals surface area contributed by atoms with Gasteiger partial charge in [-0.25, -0.2) is 17.6 Å². The van der Waals surface area contributed by atoms with Gasteiger partial charge in [-0.3, -0.25) is 0 Å². The topological polar surface area (TPSA) is 54.1 Å². The Balaban J connectivity index is 1.18. The Morgan fingerprint density at radius 1 is 0.355 bits per heavy atom. The lowest BCUT2D eigenvalue weighted by Crippen LogP contribution is -2.14. The molecule has 0 atom stereocenters. The van der Waals surface area contributed by atoms with Crippen molar-refractivity contribution in [2.75, 3.05) is 9.80 Å². The van der Waals surface area contributed by atoms with E-state index in [9.17, 15) is 10.5 Å². The first kappa shape index (κ1) is 37.8. The standard InChI is InChI=1S/C54H30F4N4/c55-45-29-51(47(57)27-43(45)37-11-7-9-33(25-37)31-59)61(39-13-3-1-4-14-39)49-23-19-35-18-22-42-50(24-20-36-17-21-41(49)53(35)54(36)42)62(40-15-5-2-6-16-40)52-30-46(56)44(28-48(52)58)38-12-8-10-34(26-38)32-60/h1-30H. The van der Waals surface area contributed by atoms with Crippen molar-refractivity contribution in [2.24, 2.45) is 0 Å². The quantitative estimate of drug-likeness (QED) is 0.113. The molecule has 0 unspecified atom stereocenters. The average Bonchev–Trinajstić information content (AvgIpc) is 3.31. The van der Waals surface area contributed by atoms with Crippen LogP contribution in [0.25, 0.3) is 54.6 Å². The third kappa shape index (κ3) is 6.39. The van der Waals surface area contributed by atoms with E-state index < -0.39 is 23.3 Å². The Morgan fingerprint density at radius 3 is 1.16 bits per heavy atom. The molecular formula is C54H30F4N4. The predicted octanol–water partition coefficient (Wildman–Crippen LogP) is 15.2. The van der Waals surface area contributed by atoms with Crippen molar-refractivity contribution in [3.05, 3.63) is 216 Å². The highest BCUT2D eigenvalue weighted by atomic mass is 19.1. The summed E-state index contributed by atoms with van der Waals surface area (Å²) in [5.41, 5.74) is 3.81. The molecule has 0 N–H and O–H groups in total. The monoisotopic (exact) mass is 810 g/mol. The second kappa shape index (κ2) is 15.3. The number of nitriles is 2. The fourth-order valence-electron chi connectivity index (χ4n) is 8.50. The van der Waals surface area contributed by atoms with Crippen LogP contribution in [-0.4, -0.2) is 0 Å². The number of halogens is 4. The van der Waals surface area contributed by atoms with Gasteiger partial charge < -0.3 is 9.80 Å². The molecule has 0 spiro atoms. The number of para-hydroxylation sites is 2. The molecule has 8 heteroatoms. The molecular weight excluding hydrogens is 781 g/mol. The van der Waals surface area contributed by atoms with Crippen LogP contribution >= 0.6 is 0 Å². The molecule has 10 aromatic carbocycles. The van der Waals surface area contributed by atoms with Gasteiger partial charge in [0.25, 0.3) is 0 Å². The van der Waals surface area contributed by atoms with Gasteiger partial charge in [-0.15, -0.1) is 0 Å². The van der Waals surface area contributed by atoms with Gasteiger partial charge in [0.1, 0.15) is 23.3 Å². The van der Waals surface area contributed by atoms with Crippen LogP contribution in [-0.2, 0) is 0 Å². The summed E-state index contributed by atoms with van der Waals surface area (Å²) in [5, 5.41) is 23.9. The zero-order valence-electron chi connectivity index (χ0n) is 32.6. The highest BCUT2D eigenvalue weighted by molar-refractivity contribution is 6.28. The van der Waals surface area contributed by atoms with E-state index in [1.165, 1.54) is 24.3 Å². The van der Waals surface area contributed by atoms with Crippen LogP contribution in [0.15, 0.2) is 182 Å². The highest BCUT2D eigenvalue weighted by Gasteiger charge is 2.26. The highest BCUT2D eigenvalue weighted by Crippen LogP contribution is 2.49. The molecule has 4 nitrogen and oxygen atoms in total. The van der Waals surface area contributed by atoms with E-state index in [1.807, 2.05) is 109 Å². The maximum Gasteiger partial charge on any atom is 0.148 e. The van der Waals surface area contributed by atoms with Gasteiger partial charge in [-0.1, -0.05) is 97.1 Å². The fourth-order valence-corrected chi connectivity index (χ4v) is 8.50. The van der Waals surface area contributed by atoms with Crippen LogP contribution in [0.4, 0.5) is 51.7 Å².